The fourth-order valence-electron chi connectivity index (χ4n) is 1.43. The number of hydrogen-bond donors (Lipinski definition) is 1. The minimum atomic E-state index is -1.29. The third-order valence-electron chi connectivity index (χ3n) is 2.23. The summed E-state index contributed by atoms with van der Waals surface area (Å²) in [5.41, 5.74) is -0.549. The summed E-state index contributed by atoms with van der Waals surface area (Å²) in [7, 11) is 3.44. The third kappa shape index (κ3) is 3.67. The van der Waals surface area contributed by atoms with E-state index in [4.69, 9.17) is 9.84 Å². The maximum Gasteiger partial charge on any atom is 0.338 e. The summed E-state index contributed by atoms with van der Waals surface area (Å²) >= 11 is 0. The van der Waals surface area contributed by atoms with Crippen LogP contribution in [-0.2, 0) is 0 Å². The van der Waals surface area contributed by atoms with E-state index in [1.165, 1.54) is 12.4 Å². The number of aromatic carboxylic acids is 1. The lowest BCUT2D eigenvalue weighted by atomic mass is 10.1. The largest absolute Gasteiger partial charge is 0.487 e. The highest BCUT2D eigenvalue weighted by atomic mass is 16.6. The Morgan fingerprint density at radius 2 is 2.20 bits per heavy atom. The van der Waals surface area contributed by atoms with Crippen LogP contribution < -0.4 is 4.74 Å². The minimum absolute atomic E-state index is 0.00611. The number of carbonyl (C=O) groups is 1. The van der Waals surface area contributed by atoms with Crippen LogP contribution in [0, 0.1) is 10.1 Å². The van der Waals surface area contributed by atoms with Gasteiger partial charge in [-0.05, 0) is 6.92 Å². The number of nitro benzene ring substituents is 1. The van der Waals surface area contributed by atoms with Crippen molar-refractivity contribution in [1.82, 2.24) is 4.90 Å². The second kappa shape index (κ2) is 6.50. The number of hydrogen-bond acceptors (Lipinski definition) is 5. The van der Waals surface area contributed by atoms with E-state index in [-0.39, 0.29) is 23.6 Å². The van der Waals surface area contributed by atoms with Crippen molar-refractivity contribution in [2.75, 3.05) is 20.7 Å². The quantitative estimate of drug-likeness (QED) is 0.369. The summed E-state index contributed by atoms with van der Waals surface area (Å²) in [4.78, 5) is 27.0. The maximum atomic E-state index is 11.2. The molecule has 20 heavy (non-hydrogen) atoms. The second-order valence-corrected chi connectivity index (χ2v) is 4.04. The Bertz CT molecular complexity index is 554. The van der Waals surface area contributed by atoms with Crippen LogP contribution in [0.1, 0.15) is 17.3 Å². The molecule has 0 spiro atoms. The number of carboxylic acids is 1. The molecule has 0 heterocycles. The highest BCUT2D eigenvalue weighted by molar-refractivity contribution is 5.95. The van der Waals surface area contributed by atoms with Gasteiger partial charge in [-0.25, -0.2) is 9.79 Å². The topological polar surface area (TPSA) is 105 Å². The predicted molar refractivity (Wildman–Crippen MR) is 73.1 cm³/mol. The lowest BCUT2D eigenvalue weighted by molar-refractivity contribution is -0.385. The van der Waals surface area contributed by atoms with E-state index in [9.17, 15) is 14.9 Å². The fourth-order valence-corrected chi connectivity index (χ4v) is 1.43. The predicted octanol–water partition coefficient (Wildman–Crippen LogP) is 1.91. The fraction of sp³-hybridized carbons (Fsp3) is 0.333. The van der Waals surface area contributed by atoms with Crippen molar-refractivity contribution < 1.29 is 19.6 Å². The SMILES string of the molecule is CCOc1cc(N=CN(C)C)c(C(=O)O)cc1[N+](=O)[O-]. The molecule has 1 aromatic carbocycles. The summed E-state index contributed by atoms with van der Waals surface area (Å²) in [6.45, 7) is 1.90. The van der Waals surface area contributed by atoms with Crippen LogP contribution in [0.3, 0.4) is 0 Å². The molecular weight excluding hydrogens is 266 g/mol. The summed E-state index contributed by atoms with van der Waals surface area (Å²) in [6, 6.07) is 2.21. The van der Waals surface area contributed by atoms with Crippen LogP contribution in [0.4, 0.5) is 11.4 Å². The Hall–Kier alpha value is -2.64. The summed E-state index contributed by atoms with van der Waals surface area (Å²) < 4.78 is 5.16. The number of ether oxygens (including phenoxy) is 1. The summed E-state index contributed by atoms with van der Waals surface area (Å²) in [6.07, 6.45) is 1.41. The smallest absolute Gasteiger partial charge is 0.338 e. The zero-order valence-electron chi connectivity index (χ0n) is 11.4. The number of rotatable bonds is 6. The molecule has 0 aliphatic rings. The Balaban J connectivity index is 3.44. The third-order valence-corrected chi connectivity index (χ3v) is 2.23. The molecule has 0 unspecified atom stereocenters. The van der Waals surface area contributed by atoms with Crippen molar-refractivity contribution in [3.8, 4) is 5.75 Å². The zero-order chi connectivity index (χ0) is 15.3. The molecule has 0 aliphatic heterocycles. The molecule has 0 saturated carbocycles. The molecule has 108 valence electrons. The second-order valence-electron chi connectivity index (χ2n) is 4.04. The molecule has 0 saturated heterocycles. The summed E-state index contributed by atoms with van der Waals surface area (Å²) in [5, 5.41) is 20.0. The Morgan fingerprint density at radius 3 is 2.65 bits per heavy atom. The van der Waals surface area contributed by atoms with Crippen LogP contribution >= 0.6 is 0 Å². The summed E-state index contributed by atoms with van der Waals surface area (Å²) in [5.74, 6) is -1.30. The van der Waals surface area contributed by atoms with Crippen molar-refractivity contribution in [2.45, 2.75) is 6.92 Å². The molecule has 8 nitrogen and oxygen atoms in total. The minimum Gasteiger partial charge on any atom is -0.487 e. The molecule has 1 N–H and O–H groups in total. The van der Waals surface area contributed by atoms with Crippen LogP contribution in [-0.4, -0.2) is 47.9 Å². The first kappa shape index (κ1) is 15.4. The average Bonchev–Trinajstić information content (AvgIpc) is 2.35. The van der Waals surface area contributed by atoms with Gasteiger partial charge in [0.1, 0.15) is 0 Å². The van der Waals surface area contributed by atoms with Gasteiger partial charge < -0.3 is 14.7 Å². The molecule has 0 aliphatic carbocycles. The number of nitro groups is 1. The van der Waals surface area contributed by atoms with Gasteiger partial charge in [0.15, 0.2) is 5.75 Å². The molecular formula is C12H15N3O5. The van der Waals surface area contributed by atoms with E-state index in [1.54, 1.807) is 25.9 Å². The standard InChI is InChI=1S/C12H15N3O5/c1-4-20-11-6-9(13-7-14(2)3)8(12(16)17)5-10(11)15(18)19/h5-7H,4H2,1-3H3,(H,16,17). The molecule has 8 heteroatoms. The lowest BCUT2D eigenvalue weighted by Gasteiger charge is -2.08. The van der Waals surface area contributed by atoms with E-state index >= 15 is 0 Å². The lowest BCUT2D eigenvalue weighted by Crippen LogP contribution is -2.08. The van der Waals surface area contributed by atoms with Crippen molar-refractivity contribution >= 4 is 23.7 Å². The zero-order valence-corrected chi connectivity index (χ0v) is 11.4. The van der Waals surface area contributed by atoms with Gasteiger partial charge in [-0.15, -0.1) is 0 Å². The number of benzene rings is 1. The van der Waals surface area contributed by atoms with Crippen LogP contribution in [0.15, 0.2) is 17.1 Å². The Morgan fingerprint density at radius 1 is 1.55 bits per heavy atom. The van der Waals surface area contributed by atoms with Crippen molar-refractivity contribution in [1.29, 1.82) is 0 Å². The molecule has 0 aromatic heterocycles. The van der Waals surface area contributed by atoms with Crippen molar-refractivity contribution in [3.05, 3.63) is 27.8 Å². The van der Waals surface area contributed by atoms with Crippen LogP contribution in [0.25, 0.3) is 0 Å². The van der Waals surface area contributed by atoms with E-state index in [1.807, 2.05) is 0 Å². The van der Waals surface area contributed by atoms with Gasteiger partial charge in [0.2, 0.25) is 0 Å². The van der Waals surface area contributed by atoms with E-state index in [2.05, 4.69) is 4.99 Å². The average molecular weight is 281 g/mol. The number of carboxylic acid groups (broad SMARTS) is 1. The number of nitrogens with zero attached hydrogens (tertiary/aromatic N) is 3. The highest BCUT2D eigenvalue weighted by Gasteiger charge is 2.22. The van der Waals surface area contributed by atoms with Gasteiger partial charge in [-0.2, -0.15) is 0 Å². The molecule has 0 radical (unpaired) electrons. The van der Waals surface area contributed by atoms with E-state index in [0.29, 0.717) is 0 Å². The number of aliphatic imine (C=N–C) groups is 1. The van der Waals surface area contributed by atoms with Gasteiger partial charge in [0.25, 0.3) is 0 Å². The molecule has 1 rings (SSSR count). The molecule has 0 amide bonds. The monoisotopic (exact) mass is 281 g/mol. The first-order valence-electron chi connectivity index (χ1n) is 5.76. The van der Waals surface area contributed by atoms with Crippen molar-refractivity contribution in [3.63, 3.8) is 0 Å². The molecule has 1 aromatic rings. The Kier molecular flexibility index (Phi) is 5.01. The maximum absolute atomic E-state index is 11.2. The van der Waals surface area contributed by atoms with Crippen LogP contribution in [0.2, 0.25) is 0 Å². The molecule has 0 bridgehead atoms. The van der Waals surface area contributed by atoms with Gasteiger partial charge in [0.05, 0.1) is 29.1 Å². The highest BCUT2D eigenvalue weighted by Crippen LogP contribution is 2.34. The Labute approximate surface area is 115 Å². The van der Waals surface area contributed by atoms with E-state index < -0.39 is 16.6 Å². The van der Waals surface area contributed by atoms with Gasteiger partial charge in [0, 0.05) is 26.2 Å². The normalized spacial score (nSPS) is 10.6. The first-order chi connectivity index (χ1) is 9.36. The molecule has 0 atom stereocenters. The van der Waals surface area contributed by atoms with Gasteiger partial charge in [-0.3, -0.25) is 10.1 Å². The first-order valence-corrected chi connectivity index (χ1v) is 5.76. The van der Waals surface area contributed by atoms with Crippen LogP contribution in [0.5, 0.6) is 5.75 Å². The van der Waals surface area contributed by atoms with E-state index in [0.717, 1.165) is 6.07 Å². The molecule has 0 fully saturated rings. The van der Waals surface area contributed by atoms with Crippen molar-refractivity contribution in [2.24, 2.45) is 4.99 Å². The van der Waals surface area contributed by atoms with Gasteiger partial charge in [-0.1, -0.05) is 0 Å². The van der Waals surface area contributed by atoms with Gasteiger partial charge >= 0.3 is 11.7 Å².